The summed E-state index contributed by atoms with van der Waals surface area (Å²) in [4.78, 5) is 0. The molecule has 4 heavy (non-hydrogen) atoms. The van der Waals surface area contributed by atoms with Crippen LogP contribution in [0.5, 0.6) is 0 Å². The molecule has 26 valence electrons. The van der Waals surface area contributed by atoms with Gasteiger partial charge >= 0.3 is 0 Å². The Morgan fingerprint density at radius 1 is 1.75 bits per heavy atom. The van der Waals surface area contributed by atoms with Gasteiger partial charge in [0.05, 0.1) is 0 Å². The van der Waals surface area contributed by atoms with E-state index < -0.39 is 0 Å². The molecule has 0 aromatic carbocycles. The van der Waals surface area contributed by atoms with Crippen molar-refractivity contribution < 1.29 is 21.1 Å². The molecule has 0 spiro atoms. The van der Waals surface area contributed by atoms with Gasteiger partial charge in [0, 0.05) is 21.1 Å². The van der Waals surface area contributed by atoms with Crippen molar-refractivity contribution in [2.75, 3.05) is 0 Å². The maximum Gasteiger partial charge on any atom is 0 e. The van der Waals surface area contributed by atoms with Crippen LogP contribution in [0.2, 0.25) is 0 Å². The summed E-state index contributed by atoms with van der Waals surface area (Å²) in [5.74, 6) is 2.00. The van der Waals surface area contributed by atoms with Crippen LogP contribution in [0.15, 0.2) is 0 Å². The molecule has 0 aromatic heterocycles. The second-order valence-corrected chi connectivity index (χ2v) is 0.250. The van der Waals surface area contributed by atoms with E-state index in [-0.39, 0.29) is 21.1 Å². The summed E-state index contributed by atoms with van der Waals surface area (Å²) in [6, 6.07) is 0. The van der Waals surface area contributed by atoms with Crippen LogP contribution in [0.3, 0.4) is 0 Å². The summed E-state index contributed by atoms with van der Waals surface area (Å²) >= 11 is 0. The predicted molar refractivity (Wildman–Crippen MR) is 12.8 cm³/mol. The van der Waals surface area contributed by atoms with Crippen LogP contribution in [0.25, 0.3) is 0 Å². The number of hydrogen-bond donors (Lipinski definition) is 0. The van der Waals surface area contributed by atoms with Gasteiger partial charge in [0.2, 0.25) is 0 Å². The minimum atomic E-state index is 0. The van der Waals surface area contributed by atoms with E-state index >= 15 is 0 Å². The zero-order valence-corrected chi connectivity index (χ0v) is 4.59. The number of rotatable bonds is 0. The van der Waals surface area contributed by atoms with Gasteiger partial charge in [-0.25, -0.2) is 0 Å². The third-order valence-electron chi connectivity index (χ3n) is 0. The normalized spacial score (nSPS) is 2.00. The van der Waals surface area contributed by atoms with E-state index in [4.69, 9.17) is 6.42 Å². The van der Waals surface area contributed by atoms with E-state index in [0.717, 1.165) is 0 Å². The second-order valence-electron chi connectivity index (χ2n) is 0.250. The molecule has 0 radical (unpaired) electrons. The van der Waals surface area contributed by atoms with Gasteiger partial charge in [0.15, 0.2) is 0 Å². The largest absolute Gasteiger partial charge is 0.694 e. The van der Waals surface area contributed by atoms with Crippen molar-refractivity contribution in [1.29, 1.82) is 0 Å². The van der Waals surface area contributed by atoms with Crippen molar-refractivity contribution in [2.45, 2.75) is 6.92 Å². The summed E-state index contributed by atoms with van der Waals surface area (Å²) < 4.78 is 0. The molecule has 0 fully saturated rings. The van der Waals surface area contributed by atoms with Crippen LogP contribution >= 0.6 is 0 Å². The van der Waals surface area contributed by atoms with Crippen LogP contribution in [0, 0.1) is 12.3 Å². The summed E-state index contributed by atoms with van der Waals surface area (Å²) in [6.45, 7) is 1.54. The first-order valence-electron chi connectivity index (χ1n) is 0.750. The van der Waals surface area contributed by atoms with Crippen LogP contribution < -0.4 is 0 Å². The minimum Gasteiger partial charge on any atom is -0.694 e. The number of hydrogen-bond acceptors (Lipinski definition) is 0. The molecule has 1 heteroatoms. The van der Waals surface area contributed by atoms with Crippen LogP contribution in [-0.4, -0.2) is 0 Å². The first kappa shape index (κ1) is 8.87. The fraction of sp³-hybridized carbons (Fsp3) is 0.333. The van der Waals surface area contributed by atoms with Gasteiger partial charge in [-0.2, -0.15) is 0 Å². The molecule has 0 aliphatic carbocycles. The Morgan fingerprint density at radius 2 is 1.75 bits per heavy atom. The van der Waals surface area contributed by atoms with Crippen molar-refractivity contribution in [3.05, 3.63) is 6.42 Å². The molecule has 0 aromatic rings. The SMILES string of the molecule is [C-]#CC.[Pt]. The Bertz CT molecular complexity index is 24.8. The summed E-state index contributed by atoms with van der Waals surface area (Å²) in [5.41, 5.74) is 0. The summed E-state index contributed by atoms with van der Waals surface area (Å²) in [7, 11) is 0. The van der Waals surface area contributed by atoms with E-state index in [1.54, 1.807) is 6.92 Å². The molecule has 0 aliphatic heterocycles. The van der Waals surface area contributed by atoms with Gasteiger partial charge in [-0.1, -0.05) is 0 Å². The fourth-order valence-corrected chi connectivity index (χ4v) is 0. The van der Waals surface area contributed by atoms with Gasteiger partial charge in [-0.15, -0.1) is 0 Å². The maximum atomic E-state index is 5.96. The van der Waals surface area contributed by atoms with Crippen LogP contribution in [-0.2, 0) is 21.1 Å². The molecule has 0 amide bonds. The predicted octanol–water partition coefficient (Wildman–Crippen LogP) is 0.594. The summed E-state index contributed by atoms with van der Waals surface area (Å²) in [5, 5.41) is 0. The molecule has 0 aliphatic rings. The topological polar surface area (TPSA) is 0 Å². The van der Waals surface area contributed by atoms with Crippen molar-refractivity contribution >= 4 is 0 Å². The van der Waals surface area contributed by atoms with Gasteiger partial charge < -0.3 is 12.3 Å². The molecular formula is C3H3Pt-. The minimum absolute atomic E-state index is 0. The standard InChI is InChI=1S/C3H3.Pt/c1-3-2;/h1H3;/q-1;. The van der Waals surface area contributed by atoms with Crippen molar-refractivity contribution in [2.24, 2.45) is 0 Å². The zero-order valence-electron chi connectivity index (χ0n) is 2.32. The Balaban J connectivity index is 0. The molecule has 0 saturated carbocycles. The molecule has 0 rings (SSSR count). The fourth-order valence-electron chi connectivity index (χ4n) is 0. The second kappa shape index (κ2) is 10.5. The molecule has 0 heterocycles. The molecular weight excluding hydrogens is 231 g/mol. The van der Waals surface area contributed by atoms with Crippen molar-refractivity contribution in [1.82, 2.24) is 0 Å². The molecule has 0 saturated heterocycles. The monoisotopic (exact) mass is 234 g/mol. The molecule has 0 N–H and O–H groups in total. The van der Waals surface area contributed by atoms with Gasteiger partial charge in [-0.05, 0) is 6.92 Å². The average molecular weight is 234 g/mol. The van der Waals surface area contributed by atoms with Crippen LogP contribution in [0.1, 0.15) is 6.92 Å². The van der Waals surface area contributed by atoms with Crippen LogP contribution in [0.4, 0.5) is 0 Å². The Hall–Kier alpha value is 0.248. The van der Waals surface area contributed by atoms with Crippen molar-refractivity contribution in [3.63, 3.8) is 0 Å². The molecule has 0 atom stereocenters. The first-order chi connectivity index (χ1) is 1.41. The molecule has 0 nitrogen and oxygen atoms in total. The van der Waals surface area contributed by atoms with E-state index in [2.05, 4.69) is 0 Å². The Kier molecular flexibility index (Phi) is 23.4. The molecule has 0 bridgehead atoms. The third kappa shape index (κ3) is 56.8. The average Bonchev–Trinajstić information content (AvgIpc) is 0.918. The maximum absolute atomic E-state index is 5.96. The third-order valence-corrected chi connectivity index (χ3v) is 0. The first-order valence-corrected chi connectivity index (χ1v) is 0.750. The Labute approximate surface area is 40.9 Å². The van der Waals surface area contributed by atoms with Gasteiger partial charge in [0.1, 0.15) is 0 Å². The summed E-state index contributed by atoms with van der Waals surface area (Å²) in [6.07, 6.45) is 5.96. The quantitative estimate of drug-likeness (QED) is 0.425. The van der Waals surface area contributed by atoms with Gasteiger partial charge in [-0.3, -0.25) is 0 Å². The smallest absolute Gasteiger partial charge is 0 e. The van der Waals surface area contributed by atoms with E-state index in [1.807, 2.05) is 5.92 Å². The molecule has 0 unspecified atom stereocenters. The zero-order chi connectivity index (χ0) is 2.71. The van der Waals surface area contributed by atoms with Crippen molar-refractivity contribution in [3.8, 4) is 5.92 Å². The van der Waals surface area contributed by atoms with E-state index in [1.165, 1.54) is 0 Å². The Morgan fingerprint density at radius 3 is 1.75 bits per heavy atom. The van der Waals surface area contributed by atoms with Gasteiger partial charge in [0.25, 0.3) is 0 Å². The van der Waals surface area contributed by atoms with E-state index in [0.29, 0.717) is 0 Å². The van der Waals surface area contributed by atoms with E-state index in [9.17, 15) is 0 Å².